The van der Waals surface area contributed by atoms with Gasteiger partial charge in [0.25, 0.3) is 11.4 Å². The van der Waals surface area contributed by atoms with E-state index in [0.29, 0.717) is 23.9 Å². The van der Waals surface area contributed by atoms with Gasteiger partial charge in [0.1, 0.15) is 0 Å². The second kappa shape index (κ2) is 8.31. The van der Waals surface area contributed by atoms with Crippen molar-refractivity contribution in [2.24, 2.45) is 7.05 Å². The molecule has 164 valence electrons. The van der Waals surface area contributed by atoms with Crippen LogP contribution in [-0.2, 0) is 7.05 Å². The molecule has 0 N–H and O–H groups in total. The summed E-state index contributed by atoms with van der Waals surface area (Å²) in [6.45, 7) is 7.34. The Balaban J connectivity index is 1.38. The van der Waals surface area contributed by atoms with Crippen molar-refractivity contribution in [1.82, 2.24) is 9.55 Å². The first-order valence-corrected chi connectivity index (χ1v) is 11.5. The van der Waals surface area contributed by atoms with Gasteiger partial charge in [-0.1, -0.05) is 24.8 Å². The number of anilines is 2. The standard InChI is InChI=1S/C26H29N5O/c1-27-24-16-15-22-26(28-24)23(17-25(32)30(22)3)29(2)18-9-11-20(12-10-18)31(21-13-14-21)19-7-5-4-6-8-19/h4-8,15-18,20-21H,9-14H2,2-3H3. The van der Waals surface area contributed by atoms with Crippen molar-refractivity contribution < 1.29 is 0 Å². The molecule has 0 aliphatic heterocycles. The summed E-state index contributed by atoms with van der Waals surface area (Å²) >= 11 is 0. The van der Waals surface area contributed by atoms with Crippen molar-refractivity contribution in [1.29, 1.82) is 0 Å². The number of nitrogens with zero attached hydrogens (tertiary/aromatic N) is 5. The molecular weight excluding hydrogens is 398 g/mol. The van der Waals surface area contributed by atoms with Gasteiger partial charge >= 0.3 is 0 Å². The predicted molar refractivity (Wildman–Crippen MR) is 130 cm³/mol. The molecule has 2 fully saturated rings. The van der Waals surface area contributed by atoms with Gasteiger partial charge in [-0.25, -0.2) is 0 Å². The molecule has 0 radical (unpaired) electrons. The number of fused-ring (bicyclic) bond motifs is 1. The van der Waals surface area contributed by atoms with Crippen LogP contribution in [-0.4, -0.2) is 34.7 Å². The highest BCUT2D eigenvalue weighted by Crippen LogP contribution is 2.39. The largest absolute Gasteiger partial charge is 0.368 e. The third-order valence-corrected chi connectivity index (χ3v) is 7.15. The lowest BCUT2D eigenvalue weighted by Gasteiger charge is -2.41. The molecule has 0 saturated heterocycles. The lowest BCUT2D eigenvalue weighted by atomic mass is 9.88. The highest BCUT2D eigenvalue weighted by molar-refractivity contribution is 5.89. The average Bonchev–Trinajstić information content (AvgIpc) is 3.67. The van der Waals surface area contributed by atoms with Crippen molar-refractivity contribution in [2.75, 3.05) is 16.8 Å². The molecule has 2 aliphatic rings. The van der Waals surface area contributed by atoms with Crippen molar-refractivity contribution in [3.05, 3.63) is 70.3 Å². The van der Waals surface area contributed by atoms with E-state index < -0.39 is 0 Å². The van der Waals surface area contributed by atoms with Crippen molar-refractivity contribution in [2.45, 2.75) is 56.7 Å². The molecule has 5 rings (SSSR count). The van der Waals surface area contributed by atoms with E-state index in [-0.39, 0.29) is 5.56 Å². The first-order valence-electron chi connectivity index (χ1n) is 11.5. The highest BCUT2D eigenvalue weighted by atomic mass is 16.1. The zero-order valence-electron chi connectivity index (χ0n) is 18.7. The number of para-hydroxylation sites is 1. The van der Waals surface area contributed by atoms with Crippen LogP contribution in [0.5, 0.6) is 0 Å². The number of aryl methyl sites for hydroxylation is 1. The van der Waals surface area contributed by atoms with E-state index in [2.05, 4.69) is 57.0 Å². The fourth-order valence-electron chi connectivity index (χ4n) is 5.23. The number of pyridine rings is 2. The van der Waals surface area contributed by atoms with Gasteiger partial charge in [0.15, 0.2) is 0 Å². The van der Waals surface area contributed by atoms with Crippen molar-refractivity contribution >= 4 is 28.2 Å². The lowest BCUT2D eigenvalue weighted by molar-refractivity contribution is 0.366. The monoisotopic (exact) mass is 427 g/mol. The Kier molecular flexibility index (Phi) is 5.34. The van der Waals surface area contributed by atoms with Gasteiger partial charge in [-0.15, -0.1) is 4.98 Å². The second-order valence-corrected chi connectivity index (χ2v) is 9.12. The SMILES string of the molecule is [C-]#[N+]c1ccc2c(n1)c(N(C)C1CCC(N(c3ccccc3)C3CC3)CC1)cc(=O)n2C. The Labute approximate surface area is 188 Å². The molecule has 6 heteroatoms. The van der Waals surface area contributed by atoms with Crippen molar-refractivity contribution in [3.63, 3.8) is 0 Å². The van der Waals surface area contributed by atoms with Crippen LogP contribution in [0.25, 0.3) is 15.9 Å². The number of aromatic nitrogens is 2. The summed E-state index contributed by atoms with van der Waals surface area (Å²) in [4.78, 5) is 25.6. The zero-order valence-corrected chi connectivity index (χ0v) is 18.7. The number of benzene rings is 1. The molecular formula is C26H29N5O. The fraction of sp³-hybridized carbons (Fsp3) is 0.423. The van der Waals surface area contributed by atoms with Gasteiger partial charge < -0.3 is 19.2 Å². The summed E-state index contributed by atoms with van der Waals surface area (Å²) in [5.41, 5.74) is 3.63. The summed E-state index contributed by atoms with van der Waals surface area (Å²) in [6, 6.07) is 17.6. The summed E-state index contributed by atoms with van der Waals surface area (Å²) < 4.78 is 1.61. The minimum Gasteiger partial charge on any atom is -0.368 e. The van der Waals surface area contributed by atoms with E-state index in [1.54, 1.807) is 23.7 Å². The maximum Gasteiger partial charge on any atom is 0.270 e. The minimum atomic E-state index is -0.0469. The van der Waals surface area contributed by atoms with Gasteiger partial charge in [0, 0.05) is 44.0 Å². The first-order chi connectivity index (χ1) is 15.6. The number of hydrogen-bond acceptors (Lipinski definition) is 4. The van der Waals surface area contributed by atoms with E-state index in [4.69, 9.17) is 6.57 Å². The van der Waals surface area contributed by atoms with Gasteiger partial charge in [-0.3, -0.25) is 4.79 Å². The summed E-state index contributed by atoms with van der Waals surface area (Å²) in [7, 11) is 3.83. The maximum atomic E-state index is 12.6. The average molecular weight is 428 g/mol. The Hall–Kier alpha value is -3.33. The van der Waals surface area contributed by atoms with Crippen LogP contribution in [0.2, 0.25) is 0 Å². The van der Waals surface area contributed by atoms with E-state index in [1.165, 1.54) is 18.5 Å². The van der Waals surface area contributed by atoms with Gasteiger partial charge in [-0.2, -0.15) is 0 Å². The molecule has 0 unspecified atom stereocenters. The molecule has 6 nitrogen and oxygen atoms in total. The lowest BCUT2D eigenvalue weighted by Crippen LogP contribution is -2.44. The van der Waals surface area contributed by atoms with Crippen LogP contribution in [0.1, 0.15) is 38.5 Å². The molecule has 0 atom stereocenters. The van der Waals surface area contributed by atoms with E-state index in [1.807, 2.05) is 6.07 Å². The molecule has 1 aromatic carbocycles. The van der Waals surface area contributed by atoms with Crippen LogP contribution in [0, 0.1) is 6.57 Å². The molecule has 32 heavy (non-hydrogen) atoms. The Bertz CT molecular complexity index is 1220. The summed E-state index contributed by atoms with van der Waals surface area (Å²) in [5, 5.41) is 0. The van der Waals surface area contributed by atoms with Crippen LogP contribution < -0.4 is 15.4 Å². The number of rotatable bonds is 5. The quantitative estimate of drug-likeness (QED) is 0.543. The number of hydrogen-bond donors (Lipinski definition) is 0. The van der Waals surface area contributed by atoms with Crippen molar-refractivity contribution in [3.8, 4) is 0 Å². The third-order valence-electron chi connectivity index (χ3n) is 7.15. The smallest absolute Gasteiger partial charge is 0.270 e. The Morgan fingerprint density at radius 2 is 1.59 bits per heavy atom. The molecule has 0 amide bonds. The molecule has 2 saturated carbocycles. The van der Waals surface area contributed by atoms with Crippen LogP contribution in [0.15, 0.2) is 53.3 Å². The second-order valence-electron chi connectivity index (χ2n) is 9.12. The van der Waals surface area contributed by atoms with Gasteiger partial charge in [-0.05, 0) is 62.8 Å². The molecule has 0 bridgehead atoms. The minimum absolute atomic E-state index is 0.0469. The van der Waals surface area contributed by atoms with Crippen LogP contribution >= 0.6 is 0 Å². The molecule has 2 aliphatic carbocycles. The topological polar surface area (TPSA) is 45.7 Å². The summed E-state index contributed by atoms with van der Waals surface area (Å²) in [6.07, 6.45) is 7.03. The fourth-order valence-corrected chi connectivity index (χ4v) is 5.23. The zero-order chi connectivity index (χ0) is 22.2. The van der Waals surface area contributed by atoms with E-state index >= 15 is 0 Å². The molecule has 2 aromatic heterocycles. The van der Waals surface area contributed by atoms with E-state index in [0.717, 1.165) is 42.4 Å². The molecule has 2 heterocycles. The molecule has 0 spiro atoms. The first kappa shape index (κ1) is 20.6. The normalized spacial score (nSPS) is 20.7. The van der Waals surface area contributed by atoms with Crippen LogP contribution in [0.4, 0.5) is 17.2 Å². The van der Waals surface area contributed by atoms with Gasteiger partial charge in [0.05, 0.1) is 11.2 Å². The Morgan fingerprint density at radius 1 is 0.969 bits per heavy atom. The maximum absolute atomic E-state index is 12.6. The van der Waals surface area contributed by atoms with Gasteiger partial charge in [0.2, 0.25) is 5.52 Å². The molecule has 3 aromatic rings. The van der Waals surface area contributed by atoms with E-state index in [9.17, 15) is 4.79 Å². The Morgan fingerprint density at radius 3 is 2.22 bits per heavy atom. The third kappa shape index (κ3) is 3.73. The highest BCUT2D eigenvalue weighted by Gasteiger charge is 2.37. The van der Waals surface area contributed by atoms with Crippen LogP contribution in [0.3, 0.4) is 0 Å². The summed E-state index contributed by atoms with van der Waals surface area (Å²) in [5.74, 6) is 0.359. The predicted octanol–water partition coefficient (Wildman–Crippen LogP) is 4.90.